The first-order valence-corrected chi connectivity index (χ1v) is 5.84. The van der Waals surface area contributed by atoms with Gasteiger partial charge in [-0.3, -0.25) is 9.69 Å². The summed E-state index contributed by atoms with van der Waals surface area (Å²) in [6.07, 6.45) is 2.16. The molecule has 0 aromatic heterocycles. The SMILES string of the molecule is O=C(CN(CCO)C1CC1)c1cccc(F)c1. The second-order valence-electron chi connectivity index (χ2n) is 4.36. The molecule has 92 valence electrons. The smallest absolute Gasteiger partial charge is 0.176 e. The van der Waals surface area contributed by atoms with Crippen molar-refractivity contribution in [2.75, 3.05) is 19.7 Å². The Balaban J connectivity index is 1.99. The molecule has 1 aliphatic carbocycles. The lowest BCUT2D eigenvalue weighted by atomic mass is 10.1. The van der Waals surface area contributed by atoms with E-state index < -0.39 is 5.82 Å². The predicted molar refractivity (Wildman–Crippen MR) is 62.4 cm³/mol. The zero-order valence-electron chi connectivity index (χ0n) is 9.60. The molecule has 1 aromatic carbocycles. The van der Waals surface area contributed by atoms with Crippen LogP contribution in [0.4, 0.5) is 4.39 Å². The number of rotatable bonds is 6. The molecule has 0 spiro atoms. The van der Waals surface area contributed by atoms with Gasteiger partial charge in [0.2, 0.25) is 0 Å². The quantitative estimate of drug-likeness (QED) is 0.762. The summed E-state index contributed by atoms with van der Waals surface area (Å²) < 4.78 is 13.0. The fourth-order valence-corrected chi connectivity index (χ4v) is 1.90. The molecule has 0 aliphatic heterocycles. The normalized spacial score (nSPS) is 15.2. The van der Waals surface area contributed by atoms with Crippen LogP contribution >= 0.6 is 0 Å². The molecule has 4 heteroatoms. The van der Waals surface area contributed by atoms with E-state index in [9.17, 15) is 9.18 Å². The van der Waals surface area contributed by atoms with Crippen molar-refractivity contribution in [3.63, 3.8) is 0 Å². The van der Waals surface area contributed by atoms with Crippen LogP contribution in [-0.2, 0) is 0 Å². The van der Waals surface area contributed by atoms with Gasteiger partial charge in [-0.15, -0.1) is 0 Å². The monoisotopic (exact) mass is 237 g/mol. The summed E-state index contributed by atoms with van der Waals surface area (Å²) in [6, 6.07) is 6.15. The number of benzene rings is 1. The molecular weight excluding hydrogens is 221 g/mol. The summed E-state index contributed by atoms with van der Waals surface area (Å²) in [5, 5.41) is 8.93. The van der Waals surface area contributed by atoms with E-state index in [0.29, 0.717) is 18.2 Å². The third kappa shape index (κ3) is 3.35. The third-order valence-corrected chi connectivity index (χ3v) is 2.94. The van der Waals surface area contributed by atoms with Gasteiger partial charge in [0.15, 0.2) is 5.78 Å². The van der Waals surface area contributed by atoms with Gasteiger partial charge >= 0.3 is 0 Å². The second kappa shape index (κ2) is 5.38. The number of aliphatic hydroxyl groups excluding tert-OH is 1. The Bertz CT molecular complexity index is 404. The highest BCUT2D eigenvalue weighted by Crippen LogP contribution is 2.26. The molecule has 0 saturated heterocycles. The van der Waals surface area contributed by atoms with Crippen molar-refractivity contribution in [2.24, 2.45) is 0 Å². The largest absolute Gasteiger partial charge is 0.395 e. The number of aliphatic hydroxyl groups is 1. The standard InChI is InChI=1S/C13H16FNO2/c14-11-3-1-2-10(8-11)13(17)9-15(6-7-16)12-4-5-12/h1-3,8,12,16H,4-7,9H2. The van der Waals surface area contributed by atoms with Crippen molar-refractivity contribution in [2.45, 2.75) is 18.9 Å². The summed E-state index contributed by atoms with van der Waals surface area (Å²) in [5.74, 6) is -0.485. The number of Topliss-reactive ketones (excluding diaryl/α,β-unsaturated/α-hetero) is 1. The Morgan fingerprint density at radius 3 is 2.82 bits per heavy atom. The number of nitrogens with zero attached hydrogens (tertiary/aromatic N) is 1. The van der Waals surface area contributed by atoms with E-state index in [1.54, 1.807) is 6.07 Å². The van der Waals surface area contributed by atoms with E-state index in [4.69, 9.17) is 5.11 Å². The molecule has 1 aromatic rings. The van der Waals surface area contributed by atoms with Gasteiger partial charge in [-0.1, -0.05) is 12.1 Å². The van der Waals surface area contributed by atoms with Crippen molar-refractivity contribution < 1.29 is 14.3 Å². The topological polar surface area (TPSA) is 40.5 Å². The predicted octanol–water partition coefficient (Wildman–Crippen LogP) is 1.47. The maximum Gasteiger partial charge on any atom is 0.176 e. The molecule has 17 heavy (non-hydrogen) atoms. The van der Waals surface area contributed by atoms with Gasteiger partial charge in [-0.25, -0.2) is 4.39 Å². The van der Waals surface area contributed by atoms with Gasteiger partial charge < -0.3 is 5.11 Å². The van der Waals surface area contributed by atoms with Crippen molar-refractivity contribution in [1.29, 1.82) is 0 Å². The van der Waals surface area contributed by atoms with E-state index >= 15 is 0 Å². The average molecular weight is 237 g/mol. The molecule has 0 bridgehead atoms. The van der Waals surface area contributed by atoms with Crippen LogP contribution in [0.15, 0.2) is 24.3 Å². The number of hydrogen-bond donors (Lipinski definition) is 1. The minimum Gasteiger partial charge on any atom is -0.395 e. The molecule has 0 amide bonds. The molecule has 0 heterocycles. The molecule has 0 unspecified atom stereocenters. The van der Waals surface area contributed by atoms with Gasteiger partial charge in [-0.2, -0.15) is 0 Å². The Morgan fingerprint density at radius 1 is 1.47 bits per heavy atom. The number of carbonyl (C=O) groups is 1. The summed E-state index contributed by atoms with van der Waals surface area (Å²) in [4.78, 5) is 13.9. The summed E-state index contributed by atoms with van der Waals surface area (Å²) >= 11 is 0. The maximum absolute atomic E-state index is 13.0. The number of halogens is 1. The van der Waals surface area contributed by atoms with Gasteiger partial charge in [0.25, 0.3) is 0 Å². The van der Waals surface area contributed by atoms with Crippen molar-refractivity contribution >= 4 is 5.78 Å². The Labute approximate surface area is 99.9 Å². The molecule has 1 saturated carbocycles. The lowest BCUT2D eigenvalue weighted by molar-refractivity contribution is 0.0906. The first kappa shape index (κ1) is 12.2. The first-order chi connectivity index (χ1) is 8.20. The lowest BCUT2D eigenvalue weighted by Crippen LogP contribution is -2.34. The van der Waals surface area contributed by atoms with Gasteiger partial charge in [0.05, 0.1) is 13.2 Å². The molecule has 2 rings (SSSR count). The van der Waals surface area contributed by atoms with Crippen molar-refractivity contribution in [3.05, 3.63) is 35.6 Å². The van der Waals surface area contributed by atoms with E-state index in [2.05, 4.69) is 0 Å². The lowest BCUT2D eigenvalue weighted by Gasteiger charge is -2.19. The van der Waals surface area contributed by atoms with E-state index in [-0.39, 0.29) is 18.9 Å². The maximum atomic E-state index is 13.0. The summed E-state index contributed by atoms with van der Waals surface area (Å²) in [7, 11) is 0. The van der Waals surface area contributed by atoms with Crippen LogP contribution in [0.2, 0.25) is 0 Å². The van der Waals surface area contributed by atoms with Gasteiger partial charge in [0.1, 0.15) is 5.82 Å². The minimum atomic E-state index is -0.393. The molecule has 3 nitrogen and oxygen atoms in total. The Hall–Kier alpha value is -1.26. The number of carbonyl (C=O) groups excluding carboxylic acids is 1. The highest BCUT2D eigenvalue weighted by Gasteiger charge is 2.29. The molecule has 1 N–H and O–H groups in total. The summed E-state index contributed by atoms with van der Waals surface area (Å²) in [6.45, 7) is 0.813. The van der Waals surface area contributed by atoms with Crippen LogP contribution in [0.1, 0.15) is 23.2 Å². The molecule has 1 aliphatic rings. The van der Waals surface area contributed by atoms with Crippen LogP contribution in [0.25, 0.3) is 0 Å². The molecule has 0 atom stereocenters. The zero-order chi connectivity index (χ0) is 12.3. The minimum absolute atomic E-state index is 0.0485. The third-order valence-electron chi connectivity index (χ3n) is 2.94. The average Bonchev–Trinajstić information content (AvgIpc) is 3.12. The molecule has 0 radical (unpaired) electrons. The fraction of sp³-hybridized carbons (Fsp3) is 0.462. The van der Waals surface area contributed by atoms with Crippen molar-refractivity contribution in [3.8, 4) is 0 Å². The van der Waals surface area contributed by atoms with E-state index in [1.807, 2.05) is 4.90 Å². The number of ketones is 1. The fourth-order valence-electron chi connectivity index (χ4n) is 1.90. The second-order valence-corrected chi connectivity index (χ2v) is 4.36. The van der Waals surface area contributed by atoms with Crippen LogP contribution in [-0.4, -0.2) is 41.5 Å². The first-order valence-electron chi connectivity index (χ1n) is 5.84. The van der Waals surface area contributed by atoms with E-state index in [0.717, 1.165) is 12.8 Å². The Kier molecular flexibility index (Phi) is 3.86. The molecule has 1 fully saturated rings. The van der Waals surface area contributed by atoms with Crippen LogP contribution in [0.3, 0.4) is 0 Å². The van der Waals surface area contributed by atoms with Crippen LogP contribution in [0.5, 0.6) is 0 Å². The van der Waals surface area contributed by atoms with Crippen LogP contribution < -0.4 is 0 Å². The highest BCUT2D eigenvalue weighted by molar-refractivity contribution is 5.97. The zero-order valence-corrected chi connectivity index (χ0v) is 9.60. The Morgan fingerprint density at radius 2 is 2.24 bits per heavy atom. The van der Waals surface area contributed by atoms with Gasteiger partial charge in [0, 0.05) is 18.2 Å². The molecular formula is C13H16FNO2. The van der Waals surface area contributed by atoms with Crippen molar-refractivity contribution in [1.82, 2.24) is 4.90 Å². The van der Waals surface area contributed by atoms with E-state index in [1.165, 1.54) is 18.2 Å². The summed E-state index contributed by atoms with van der Waals surface area (Å²) in [5.41, 5.74) is 0.397. The number of hydrogen-bond acceptors (Lipinski definition) is 3. The highest BCUT2D eigenvalue weighted by atomic mass is 19.1. The van der Waals surface area contributed by atoms with Crippen LogP contribution in [0, 0.1) is 5.82 Å². The van der Waals surface area contributed by atoms with Gasteiger partial charge in [-0.05, 0) is 25.0 Å².